The van der Waals surface area contributed by atoms with Gasteiger partial charge in [-0.05, 0) is 37.8 Å². The predicted octanol–water partition coefficient (Wildman–Crippen LogP) is 3.23. The zero-order valence-corrected chi connectivity index (χ0v) is 10.9. The number of Topliss-reactive ketones (excluding diaryl/α,β-unsaturated/α-hetero) is 1. The summed E-state index contributed by atoms with van der Waals surface area (Å²) in [7, 11) is 1.61. The molecule has 0 N–H and O–H groups in total. The van der Waals surface area contributed by atoms with Crippen LogP contribution in [0.15, 0.2) is 24.3 Å². The lowest BCUT2D eigenvalue weighted by Crippen LogP contribution is -2.06. The van der Waals surface area contributed by atoms with Gasteiger partial charge in [0.1, 0.15) is 5.75 Å². The van der Waals surface area contributed by atoms with Crippen LogP contribution in [0, 0.1) is 0 Å². The molecule has 1 aromatic carbocycles. The number of benzene rings is 1. The van der Waals surface area contributed by atoms with Crippen molar-refractivity contribution in [3.8, 4) is 5.75 Å². The Morgan fingerprint density at radius 3 is 3.11 bits per heavy atom. The molecule has 1 heterocycles. The van der Waals surface area contributed by atoms with Crippen molar-refractivity contribution in [3.63, 3.8) is 0 Å². The monoisotopic (exact) mass is 248 g/mol. The molecule has 1 aromatic rings. The summed E-state index contributed by atoms with van der Waals surface area (Å²) in [6.45, 7) is 0.883. The number of hydrogen-bond donors (Lipinski definition) is 0. The molecular weight excluding hydrogens is 228 g/mol. The first-order chi connectivity index (χ1) is 8.79. The average Bonchev–Trinajstić information content (AvgIpc) is 2.92. The Hall–Kier alpha value is -1.35. The Bertz CT molecular complexity index is 394. The van der Waals surface area contributed by atoms with E-state index in [1.54, 1.807) is 13.2 Å². The summed E-state index contributed by atoms with van der Waals surface area (Å²) in [5.74, 6) is 0.923. The first-order valence-electron chi connectivity index (χ1n) is 6.58. The molecule has 18 heavy (non-hydrogen) atoms. The fourth-order valence-electron chi connectivity index (χ4n) is 2.30. The van der Waals surface area contributed by atoms with Gasteiger partial charge in [0.25, 0.3) is 0 Å². The van der Waals surface area contributed by atoms with E-state index in [-0.39, 0.29) is 5.78 Å². The van der Waals surface area contributed by atoms with Gasteiger partial charge in [0.15, 0.2) is 5.78 Å². The highest BCUT2D eigenvalue weighted by Gasteiger charge is 2.15. The molecule has 2 rings (SSSR count). The molecule has 0 aliphatic carbocycles. The molecule has 3 nitrogen and oxygen atoms in total. The number of ketones is 1. The highest BCUT2D eigenvalue weighted by molar-refractivity contribution is 5.96. The van der Waals surface area contributed by atoms with Crippen LogP contribution in [0.1, 0.15) is 42.5 Å². The van der Waals surface area contributed by atoms with Gasteiger partial charge in [0.2, 0.25) is 0 Å². The van der Waals surface area contributed by atoms with Gasteiger partial charge in [-0.15, -0.1) is 0 Å². The van der Waals surface area contributed by atoms with Gasteiger partial charge >= 0.3 is 0 Å². The first-order valence-corrected chi connectivity index (χ1v) is 6.58. The second-order valence-corrected chi connectivity index (χ2v) is 4.68. The third-order valence-electron chi connectivity index (χ3n) is 3.35. The standard InChI is InChI=1S/C15H20O3/c1-17-14-7-2-5-12(11-14)15(16)9-3-6-13-8-4-10-18-13/h2,5,7,11,13H,3-4,6,8-10H2,1H3. The summed E-state index contributed by atoms with van der Waals surface area (Å²) in [6, 6.07) is 7.35. The molecule has 1 unspecified atom stereocenters. The molecule has 0 bridgehead atoms. The molecule has 3 heteroatoms. The lowest BCUT2D eigenvalue weighted by atomic mass is 10.0. The predicted molar refractivity (Wildman–Crippen MR) is 70.1 cm³/mol. The topological polar surface area (TPSA) is 35.5 Å². The molecule has 1 atom stereocenters. The number of ether oxygens (including phenoxy) is 2. The fraction of sp³-hybridized carbons (Fsp3) is 0.533. The van der Waals surface area contributed by atoms with Crippen molar-refractivity contribution >= 4 is 5.78 Å². The molecule has 1 aliphatic heterocycles. The largest absolute Gasteiger partial charge is 0.497 e. The Morgan fingerprint density at radius 1 is 1.50 bits per heavy atom. The second-order valence-electron chi connectivity index (χ2n) is 4.68. The molecule has 1 fully saturated rings. The lowest BCUT2D eigenvalue weighted by molar-refractivity contribution is 0.0922. The number of hydrogen-bond acceptors (Lipinski definition) is 3. The number of carbonyl (C=O) groups is 1. The summed E-state index contributed by atoms with van der Waals surface area (Å²) in [5.41, 5.74) is 0.738. The SMILES string of the molecule is COc1cccc(C(=O)CCCC2CCCO2)c1. The van der Waals surface area contributed by atoms with Gasteiger partial charge in [0.05, 0.1) is 13.2 Å². The molecule has 0 aromatic heterocycles. The normalized spacial score (nSPS) is 18.8. The zero-order valence-electron chi connectivity index (χ0n) is 10.9. The molecule has 0 radical (unpaired) electrons. The van der Waals surface area contributed by atoms with Crippen LogP contribution >= 0.6 is 0 Å². The summed E-state index contributed by atoms with van der Waals surface area (Å²) in [6.07, 6.45) is 5.17. The van der Waals surface area contributed by atoms with Crippen LogP contribution in [0.5, 0.6) is 5.75 Å². The Morgan fingerprint density at radius 2 is 2.39 bits per heavy atom. The summed E-state index contributed by atoms with van der Waals surface area (Å²) < 4.78 is 10.7. The van der Waals surface area contributed by atoms with Crippen molar-refractivity contribution in [2.75, 3.05) is 13.7 Å². The van der Waals surface area contributed by atoms with E-state index in [4.69, 9.17) is 9.47 Å². The highest BCUT2D eigenvalue weighted by Crippen LogP contribution is 2.19. The maximum atomic E-state index is 12.0. The average molecular weight is 248 g/mol. The van der Waals surface area contributed by atoms with E-state index in [9.17, 15) is 4.79 Å². The number of methoxy groups -OCH3 is 1. The quantitative estimate of drug-likeness (QED) is 0.725. The number of rotatable bonds is 6. The van der Waals surface area contributed by atoms with E-state index in [1.165, 1.54) is 0 Å². The van der Waals surface area contributed by atoms with Crippen molar-refractivity contribution in [2.24, 2.45) is 0 Å². The van der Waals surface area contributed by atoms with Crippen LogP contribution in [0.25, 0.3) is 0 Å². The Kier molecular flexibility index (Phi) is 4.76. The Balaban J connectivity index is 1.79. The van der Waals surface area contributed by atoms with Crippen LogP contribution in [0.4, 0.5) is 0 Å². The molecule has 0 saturated carbocycles. The van der Waals surface area contributed by atoms with Gasteiger partial charge in [-0.2, -0.15) is 0 Å². The van der Waals surface area contributed by atoms with Crippen molar-refractivity contribution in [2.45, 2.75) is 38.2 Å². The van der Waals surface area contributed by atoms with E-state index in [1.807, 2.05) is 18.2 Å². The third-order valence-corrected chi connectivity index (χ3v) is 3.35. The van der Waals surface area contributed by atoms with Crippen molar-refractivity contribution in [1.29, 1.82) is 0 Å². The van der Waals surface area contributed by atoms with Gasteiger partial charge in [0, 0.05) is 18.6 Å². The van der Waals surface area contributed by atoms with Crippen molar-refractivity contribution in [1.82, 2.24) is 0 Å². The van der Waals surface area contributed by atoms with E-state index >= 15 is 0 Å². The van der Waals surface area contributed by atoms with Gasteiger partial charge in [-0.3, -0.25) is 4.79 Å². The van der Waals surface area contributed by atoms with Gasteiger partial charge in [-0.25, -0.2) is 0 Å². The minimum absolute atomic E-state index is 0.187. The molecule has 0 spiro atoms. The summed E-state index contributed by atoms with van der Waals surface area (Å²) >= 11 is 0. The number of carbonyl (C=O) groups excluding carboxylic acids is 1. The first kappa shape index (κ1) is 13.1. The maximum absolute atomic E-state index is 12.0. The summed E-state index contributed by atoms with van der Waals surface area (Å²) in [4.78, 5) is 12.0. The van der Waals surface area contributed by atoms with Crippen LogP contribution in [-0.2, 0) is 4.74 Å². The fourth-order valence-corrected chi connectivity index (χ4v) is 2.30. The van der Waals surface area contributed by atoms with Crippen molar-refractivity contribution in [3.05, 3.63) is 29.8 Å². The molecule has 1 saturated heterocycles. The van der Waals surface area contributed by atoms with E-state index < -0.39 is 0 Å². The van der Waals surface area contributed by atoms with Crippen molar-refractivity contribution < 1.29 is 14.3 Å². The minimum atomic E-state index is 0.187. The highest BCUT2D eigenvalue weighted by atomic mass is 16.5. The lowest BCUT2D eigenvalue weighted by Gasteiger charge is -2.08. The third kappa shape index (κ3) is 3.57. The second kappa shape index (κ2) is 6.55. The smallest absolute Gasteiger partial charge is 0.163 e. The minimum Gasteiger partial charge on any atom is -0.497 e. The molecule has 0 amide bonds. The maximum Gasteiger partial charge on any atom is 0.163 e. The molecular formula is C15H20O3. The van der Waals surface area contributed by atoms with Gasteiger partial charge < -0.3 is 9.47 Å². The van der Waals surface area contributed by atoms with Crippen LogP contribution in [-0.4, -0.2) is 25.6 Å². The van der Waals surface area contributed by atoms with Gasteiger partial charge in [-0.1, -0.05) is 12.1 Å². The Labute approximate surface area is 108 Å². The van der Waals surface area contributed by atoms with E-state index in [2.05, 4.69) is 0 Å². The van der Waals surface area contributed by atoms with E-state index in [0.717, 1.165) is 43.6 Å². The van der Waals surface area contributed by atoms with E-state index in [0.29, 0.717) is 12.5 Å². The van der Waals surface area contributed by atoms with Crippen LogP contribution in [0.3, 0.4) is 0 Å². The molecule has 98 valence electrons. The summed E-state index contributed by atoms with van der Waals surface area (Å²) in [5, 5.41) is 0. The zero-order chi connectivity index (χ0) is 12.8. The van der Waals surface area contributed by atoms with Crippen LogP contribution < -0.4 is 4.74 Å². The van der Waals surface area contributed by atoms with Crippen LogP contribution in [0.2, 0.25) is 0 Å². The molecule has 1 aliphatic rings.